The first-order valence-electron chi connectivity index (χ1n) is 4.51. The van der Waals surface area contributed by atoms with Gasteiger partial charge in [-0.2, -0.15) is 0 Å². The van der Waals surface area contributed by atoms with Gasteiger partial charge in [-0.15, -0.1) is 0 Å². The van der Waals surface area contributed by atoms with E-state index in [0.29, 0.717) is 18.7 Å². The summed E-state index contributed by atoms with van der Waals surface area (Å²) >= 11 is 3.22. The summed E-state index contributed by atoms with van der Waals surface area (Å²) < 4.78 is 0.761. The normalized spacial score (nSPS) is 32.1. The van der Waals surface area contributed by atoms with Crippen molar-refractivity contribution in [2.75, 3.05) is 0 Å². The smallest absolute Gasteiger partial charge is 0.162 e. The summed E-state index contributed by atoms with van der Waals surface area (Å²) in [5.41, 5.74) is -1.25. The molecule has 1 fully saturated rings. The highest BCUT2D eigenvalue weighted by atomic mass is 79.9. The molecule has 0 bridgehead atoms. The minimum Gasteiger partial charge on any atom is -0.390 e. The van der Waals surface area contributed by atoms with Gasteiger partial charge in [0.2, 0.25) is 0 Å². The van der Waals surface area contributed by atoms with Gasteiger partial charge in [-0.3, -0.25) is 0 Å². The molecule has 1 heterocycles. The second kappa shape index (κ2) is 3.56. The van der Waals surface area contributed by atoms with Crippen LogP contribution in [-0.2, 0) is 5.60 Å². The highest BCUT2D eigenvalue weighted by Gasteiger charge is 2.44. The van der Waals surface area contributed by atoms with Crippen molar-refractivity contribution in [1.82, 2.24) is 9.97 Å². The number of aromatic nitrogens is 2. The molecule has 1 aromatic rings. The van der Waals surface area contributed by atoms with Gasteiger partial charge in [0.1, 0.15) is 5.60 Å². The fourth-order valence-corrected chi connectivity index (χ4v) is 1.97. The van der Waals surface area contributed by atoms with Gasteiger partial charge < -0.3 is 10.2 Å². The molecular formula is C9H11BrN2O2. The molecule has 1 aliphatic carbocycles. The molecule has 0 radical (unpaired) electrons. The summed E-state index contributed by atoms with van der Waals surface area (Å²) in [4.78, 5) is 8.03. The lowest BCUT2D eigenvalue weighted by Crippen LogP contribution is -2.36. The van der Waals surface area contributed by atoms with E-state index in [0.717, 1.165) is 10.9 Å². The Morgan fingerprint density at radius 1 is 1.43 bits per heavy atom. The van der Waals surface area contributed by atoms with Crippen LogP contribution < -0.4 is 0 Å². The summed E-state index contributed by atoms with van der Waals surface area (Å²) in [6.45, 7) is 0. The monoisotopic (exact) mass is 258 g/mol. The number of aliphatic hydroxyl groups excluding tert-OH is 1. The second-order valence-electron chi connectivity index (χ2n) is 3.56. The number of nitrogens with zero attached hydrogens (tertiary/aromatic N) is 2. The van der Waals surface area contributed by atoms with Gasteiger partial charge in [0, 0.05) is 12.4 Å². The third-order valence-electron chi connectivity index (χ3n) is 2.59. The number of hydrogen-bond donors (Lipinski definition) is 2. The van der Waals surface area contributed by atoms with Crippen LogP contribution in [-0.4, -0.2) is 26.3 Å². The number of halogens is 1. The number of hydrogen-bond acceptors (Lipinski definition) is 4. The lowest BCUT2D eigenvalue weighted by molar-refractivity contribution is -0.0643. The first kappa shape index (κ1) is 10.0. The van der Waals surface area contributed by atoms with Crippen LogP contribution in [0, 0.1) is 0 Å². The maximum atomic E-state index is 10.1. The standard InChI is InChI=1S/C9H11BrN2O2/c10-6-4-11-8(12-5-6)9(14)3-1-2-7(9)13/h4-5,7,13-14H,1-3H2. The highest BCUT2D eigenvalue weighted by Crippen LogP contribution is 2.36. The van der Waals surface area contributed by atoms with E-state index in [1.807, 2.05) is 0 Å². The summed E-state index contributed by atoms with van der Waals surface area (Å²) in [6, 6.07) is 0. The first-order valence-corrected chi connectivity index (χ1v) is 5.31. The van der Waals surface area contributed by atoms with Crippen molar-refractivity contribution in [1.29, 1.82) is 0 Å². The van der Waals surface area contributed by atoms with Crippen LogP contribution in [0.4, 0.5) is 0 Å². The largest absolute Gasteiger partial charge is 0.390 e. The van der Waals surface area contributed by atoms with Crippen molar-refractivity contribution in [2.24, 2.45) is 0 Å². The molecule has 2 N–H and O–H groups in total. The molecule has 2 atom stereocenters. The number of aliphatic hydroxyl groups is 2. The molecule has 76 valence electrons. The molecule has 5 heteroatoms. The Labute approximate surface area is 90.1 Å². The van der Waals surface area contributed by atoms with E-state index >= 15 is 0 Å². The topological polar surface area (TPSA) is 66.2 Å². The van der Waals surface area contributed by atoms with Crippen LogP contribution >= 0.6 is 15.9 Å². The Morgan fingerprint density at radius 2 is 2.07 bits per heavy atom. The predicted molar refractivity (Wildman–Crippen MR) is 53.5 cm³/mol. The molecule has 14 heavy (non-hydrogen) atoms. The molecule has 2 unspecified atom stereocenters. The summed E-state index contributed by atoms with van der Waals surface area (Å²) in [6.07, 6.45) is 4.34. The third-order valence-corrected chi connectivity index (χ3v) is 3.00. The molecule has 0 saturated heterocycles. The Morgan fingerprint density at radius 3 is 2.57 bits per heavy atom. The van der Waals surface area contributed by atoms with E-state index in [4.69, 9.17) is 0 Å². The quantitative estimate of drug-likeness (QED) is 0.788. The molecule has 1 aliphatic rings. The van der Waals surface area contributed by atoms with Crippen LogP contribution in [0.1, 0.15) is 25.1 Å². The van der Waals surface area contributed by atoms with Crippen LogP contribution in [0.3, 0.4) is 0 Å². The van der Waals surface area contributed by atoms with Gasteiger partial charge in [-0.1, -0.05) is 0 Å². The summed E-state index contributed by atoms with van der Waals surface area (Å²) in [5.74, 6) is 0.311. The van der Waals surface area contributed by atoms with Crippen LogP contribution in [0.25, 0.3) is 0 Å². The minimum atomic E-state index is -1.25. The van der Waals surface area contributed by atoms with E-state index in [1.54, 1.807) is 12.4 Å². The van der Waals surface area contributed by atoms with Gasteiger partial charge in [0.05, 0.1) is 10.6 Å². The minimum absolute atomic E-state index is 0.311. The summed E-state index contributed by atoms with van der Waals surface area (Å²) in [7, 11) is 0. The average Bonchev–Trinajstić information content (AvgIpc) is 2.49. The SMILES string of the molecule is OC1CCCC1(O)c1ncc(Br)cn1. The van der Waals surface area contributed by atoms with Crippen molar-refractivity contribution in [3.63, 3.8) is 0 Å². The highest BCUT2D eigenvalue weighted by molar-refractivity contribution is 9.10. The Balaban J connectivity index is 2.34. The molecule has 0 aliphatic heterocycles. The maximum Gasteiger partial charge on any atom is 0.162 e. The Hall–Kier alpha value is -0.520. The van der Waals surface area contributed by atoms with E-state index < -0.39 is 11.7 Å². The fraction of sp³-hybridized carbons (Fsp3) is 0.556. The molecule has 2 rings (SSSR count). The predicted octanol–water partition coefficient (Wildman–Crippen LogP) is 0.972. The molecular weight excluding hydrogens is 248 g/mol. The van der Waals surface area contributed by atoms with Gasteiger partial charge in [0.15, 0.2) is 5.82 Å². The van der Waals surface area contributed by atoms with Crippen molar-refractivity contribution >= 4 is 15.9 Å². The van der Waals surface area contributed by atoms with Gasteiger partial charge in [-0.25, -0.2) is 9.97 Å². The maximum absolute atomic E-state index is 10.1. The van der Waals surface area contributed by atoms with Crippen molar-refractivity contribution < 1.29 is 10.2 Å². The lowest BCUT2D eigenvalue weighted by atomic mass is 9.99. The van der Waals surface area contributed by atoms with E-state index in [9.17, 15) is 10.2 Å². The van der Waals surface area contributed by atoms with E-state index in [1.165, 1.54) is 0 Å². The van der Waals surface area contributed by atoms with Gasteiger partial charge >= 0.3 is 0 Å². The van der Waals surface area contributed by atoms with Crippen LogP contribution in [0.2, 0.25) is 0 Å². The molecule has 0 amide bonds. The van der Waals surface area contributed by atoms with Crippen molar-refractivity contribution in [3.05, 3.63) is 22.7 Å². The average molecular weight is 259 g/mol. The molecule has 0 spiro atoms. The zero-order valence-electron chi connectivity index (χ0n) is 7.52. The molecule has 4 nitrogen and oxygen atoms in total. The Kier molecular flexibility index (Phi) is 2.55. The summed E-state index contributed by atoms with van der Waals surface area (Å²) in [5, 5.41) is 19.8. The molecule has 1 saturated carbocycles. The lowest BCUT2D eigenvalue weighted by Gasteiger charge is -2.24. The molecule has 1 aromatic heterocycles. The molecule has 0 aromatic carbocycles. The van der Waals surface area contributed by atoms with Crippen LogP contribution in [0.15, 0.2) is 16.9 Å². The number of rotatable bonds is 1. The van der Waals surface area contributed by atoms with Crippen molar-refractivity contribution in [3.8, 4) is 0 Å². The van der Waals surface area contributed by atoms with Gasteiger partial charge in [-0.05, 0) is 35.2 Å². The van der Waals surface area contributed by atoms with Crippen LogP contribution in [0.5, 0.6) is 0 Å². The fourth-order valence-electron chi connectivity index (χ4n) is 1.77. The second-order valence-corrected chi connectivity index (χ2v) is 4.47. The third kappa shape index (κ3) is 1.55. The van der Waals surface area contributed by atoms with Gasteiger partial charge in [0.25, 0.3) is 0 Å². The first-order chi connectivity index (χ1) is 6.63. The zero-order chi connectivity index (χ0) is 10.2. The Bertz CT molecular complexity index is 330. The van der Waals surface area contributed by atoms with Crippen molar-refractivity contribution in [2.45, 2.75) is 31.0 Å². The van der Waals surface area contributed by atoms with E-state index in [2.05, 4.69) is 25.9 Å². The van der Waals surface area contributed by atoms with E-state index in [-0.39, 0.29) is 0 Å². The zero-order valence-corrected chi connectivity index (χ0v) is 9.11.